The number of carbonyl (C=O) groups excluding carboxylic acids is 1. The third kappa shape index (κ3) is 2.42. The molecule has 1 saturated carbocycles. The van der Waals surface area contributed by atoms with Gasteiger partial charge in [0.15, 0.2) is 0 Å². The lowest BCUT2D eigenvalue weighted by atomic mass is 10.1. The SMILES string of the molecule is Cn1ccc(C(=O)N2C3CCC2Cn2c(nn(CC4CC4)c2=O)C3)n1. The van der Waals surface area contributed by atoms with Crippen molar-refractivity contribution in [3.05, 3.63) is 34.3 Å². The number of rotatable bonds is 3. The zero-order valence-corrected chi connectivity index (χ0v) is 14.3. The van der Waals surface area contributed by atoms with Crippen molar-refractivity contribution in [1.29, 1.82) is 0 Å². The first-order valence-electron chi connectivity index (χ1n) is 9.09. The minimum Gasteiger partial charge on any atom is -0.329 e. The van der Waals surface area contributed by atoms with Crippen molar-refractivity contribution in [2.24, 2.45) is 13.0 Å². The third-order valence-corrected chi connectivity index (χ3v) is 5.73. The van der Waals surface area contributed by atoms with E-state index in [1.165, 1.54) is 12.8 Å². The van der Waals surface area contributed by atoms with Crippen LogP contribution in [0.15, 0.2) is 17.1 Å². The molecule has 2 aromatic rings. The minimum atomic E-state index is -0.0304. The van der Waals surface area contributed by atoms with Gasteiger partial charge in [0.2, 0.25) is 0 Å². The summed E-state index contributed by atoms with van der Waals surface area (Å²) in [6.45, 7) is 1.29. The van der Waals surface area contributed by atoms with Crippen molar-refractivity contribution in [2.45, 2.75) is 57.3 Å². The normalized spacial score (nSPS) is 25.1. The molecule has 2 aromatic heterocycles. The smallest absolute Gasteiger partial charge is 0.329 e. The molecule has 1 saturated heterocycles. The lowest BCUT2D eigenvalue weighted by molar-refractivity contribution is 0.0658. The topological polar surface area (TPSA) is 78.0 Å². The third-order valence-electron chi connectivity index (χ3n) is 5.73. The van der Waals surface area contributed by atoms with Gasteiger partial charge in [0.1, 0.15) is 11.5 Å². The molecule has 2 fully saturated rings. The van der Waals surface area contributed by atoms with E-state index < -0.39 is 0 Å². The molecule has 1 amide bonds. The molecule has 0 radical (unpaired) electrons. The molecule has 132 valence electrons. The largest absolute Gasteiger partial charge is 0.345 e. The summed E-state index contributed by atoms with van der Waals surface area (Å²) in [6, 6.07) is 1.92. The van der Waals surface area contributed by atoms with Crippen molar-refractivity contribution in [1.82, 2.24) is 29.0 Å². The number of carbonyl (C=O) groups is 1. The summed E-state index contributed by atoms with van der Waals surface area (Å²) in [5.74, 6) is 1.42. The first kappa shape index (κ1) is 14.9. The lowest BCUT2D eigenvalue weighted by Gasteiger charge is -2.27. The van der Waals surface area contributed by atoms with E-state index in [4.69, 9.17) is 0 Å². The molecule has 8 heteroatoms. The van der Waals surface area contributed by atoms with Gasteiger partial charge in [0.05, 0.1) is 6.04 Å². The Kier molecular flexibility index (Phi) is 3.17. The standard InChI is InChI=1S/C17H22N6O2/c1-20-7-6-14(18-20)16(24)23-12-4-5-13(23)10-21-15(8-12)19-22(17(21)25)9-11-2-3-11/h6-7,11-13H,2-5,8-10H2,1H3. The highest BCUT2D eigenvalue weighted by atomic mass is 16.2. The average Bonchev–Trinajstić information content (AvgIpc) is 3.10. The molecular weight excluding hydrogens is 320 g/mol. The van der Waals surface area contributed by atoms with Crippen molar-refractivity contribution in [3.8, 4) is 0 Å². The van der Waals surface area contributed by atoms with Crippen LogP contribution in [-0.2, 0) is 26.6 Å². The number of nitrogens with zero attached hydrogens (tertiary/aromatic N) is 6. The summed E-state index contributed by atoms with van der Waals surface area (Å²) in [6.07, 6.45) is 6.74. The molecule has 2 unspecified atom stereocenters. The van der Waals surface area contributed by atoms with Gasteiger partial charge in [-0.1, -0.05) is 0 Å². The van der Waals surface area contributed by atoms with Crippen molar-refractivity contribution in [3.63, 3.8) is 0 Å². The molecule has 0 aromatic carbocycles. The summed E-state index contributed by atoms with van der Waals surface area (Å²) in [5, 5.41) is 8.85. The molecule has 2 aliphatic heterocycles. The second-order valence-electron chi connectivity index (χ2n) is 7.61. The number of amides is 1. The van der Waals surface area contributed by atoms with Crippen LogP contribution in [0.25, 0.3) is 0 Å². The second kappa shape index (κ2) is 5.31. The van der Waals surface area contributed by atoms with Gasteiger partial charge in [0.25, 0.3) is 5.91 Å². The summed E-state index contributed by atoms with van der Waals surface area (Å²) in [5.41, 5.74) is 0.463. The Morgan fingerprint density at radius 3 is 2.72 bits per heavy atom. The van der Waals surface area contributed by atoms with Crippen LogP contribution in [0.3, 0.4) is 0 Å². The molecule has 2 atom stereocenters. The fraction of sp³-hybridized carbons (Fsp3) is 0.647. The molecule has 2 bridgehead atoms. The molecule has 4 heterocycles. The van der Waals surface area contributed by atoms with E-state index in [0.29, 0.717) is 24.6 Å². The minimum absolute atomic E-state index is 0.0142. The number of aromatic nitrogens is 5. The monoisotopic (exact) mass is 342 g/mol. The molecular formula is C17H22N6O2. The Morgan fingerprint density at radius 2 is 2.00 bits per heavy atom. The maximum atomic E-state index is 12.9. The van der Waals surface area contributed by atoms with Gasteiger partial charge in [0, 0.05) is 38.8 Å². The van der Waals surface area contributed by atoms with Gasteiger partial charge < -0.3 is 4.90 Å². The number of fused-ring (bicyclic) bond motifs is 3. The number of aryl methyl sites for hydroxylation is 1. The van der Waals surface area contributed by atoms with E-state index in [1.54, 1.807) is 26.2 Å². The van der Waals surface area contributed by atoms with Crippen LogP contribution in [-0.4, -0.2) is 47.0 Å². The van der Waals surface area contributed by atoms with Gasteiger partial charge >= 0.3 is 5.69 Å². The van der Waals surface area contributed by atoms with E-state index in [2.05, 4.69) is 10.2 Å². The highest BCUT2D eigenvalue weighted by Crippen LogP contribution is 2.32. The molecule has 25 heavy (non-hydrogen) atoms. The van der Waals surface area contributed by atoms with Crippen LogP contribution in [0.1, 0.15) is 42.0 Å². The molecule has 0 N–H and O–H groups in total. The van der Waals surface area contributed by atoms with E-state index in [0.717, 1.165) is 25.2 Å². The summed E-state index contributed by atoms with van der Waals surface area (Å²) < 4.78 is 5.09. The van der Waals surface area contributed by atoms with Crippen molar-refractivity contribution < 1.29 is 4.79 Å². The van der Waals surface area contributed by atoms with Crippen LogP contribution < -0.4 is 5.69 Å². The Hall–Kier alpha value is -2.38. The Balaban J connectivity index is 1.45. The van der Waals surface area contributed by atoms with Crippen LogP contribution in [0, 0.1) is 5.92 Å². The first-order chi connectivity index (χ1) is 12.1. The fourth-order valence-electron chi connectivity index (χ4n) is 4.24. The molecule has 1 aliphatic carbocycles. The molecule has 5 rings (SSSR count). The van der Waals surface area contributed by atoms with Crippen LogP contribution in [0.5, 0.6) is 0 Å². The van der Waals surface area contributed by atoms with Crippen LogP contribution >= 0.6 is 0 Å². The first-order valence-corrected chi connectivity index (χ1v) is 9.09. The summed E-state index contributed by atoms with van der Waals surface area (Å²) >= 11 is 0. The Labute approximate surface area is 145 Å². The van der Waals surface area contributed by atoms with Crippen LogP contribution in [0.2, 0.25) is 0 Å². The maximum absolute atomic E-state index is 12.9. The van der Waals surface area contributed by atoms with Crippen molar-refractivity contribution >= 4 is 5.91 Å². The fourth-order valence-corrected chi connectivity index (χ4v) is 4.24. The number of hydrogen-bond donors (Lipinski definition) is 0. The highest BCUT2D eigenvalue weighted by Gasteiger charge is 2.42. The van der Waals surface area contributed by atoms with Gasteiger partial charge in [-0.2, -0.15) is 10.2 Å². The number of hydrogen-bond acceptors (Lipinski definition) is 4. The zero-order chi connectivity index (χ0) is 17.1. The van der Waals surface area contributed by atoms with Crippen molar-refractivity contribution in [2.75, 3.05) is 0 Å². The maximum Gasteiger partial charge on any atom is 0.345 e. The lowest BCUT2D eigenvalue weighted by Crippen LogP contribution is -2.43. The zero-order valence-electron chi connectivity index (χ0n) is 14.3. The predicted molar refractivity (Wildman–Crippen MR) is 89.1 cm³/mol. The van der Waals surface area contributed by atoms with E-state index in [-0.39, 0.29) is 23.7 Å². The molecule has 3 aliphatic rings. The second-order valence-corrected chi connectivity index (χ2v) is 7.61. The summed E-state index contributed by atoms with van der Waals surface area (Å²) in [7, 11) is 1.81. The van der Waals surface area contributed by atoms with E-state index in [1.807, 2.05) is 11.9 Å². The highest BCUT2D eigenvalue weighted by molar-refractivity contribution is 5.93. The molecule has 8 nitrogen and oxygen atoms in total. The van der Waals surface area contributed by atoms with Crippen LogP contribution in [0.4, 0.5) is 0 Å². The van der Waals surface area contributed by atoms with Gasteiger partial charge in [-0.05, 0) is 37.7 Å². The van der Waals surface area contributed by atoms with Gasteiger partial charge in [-0.25, -0.2) is 9.48 Å². The predicted octanol–water partition coefficient (Wildman–Crippen LogP) is 0.418. The quantitative estimate of drug-likeness (QED) is 0.810. The van der Waals surface area contributed by atoms with Gasteiger partial charge in [-0.3, -0.25) is 14.0 Å². The van der Waals surface area contributed by atoms with E-state index >= 15 is 0 Å². The van der Waals surface area contributed by atoms with Gasteiger partial charge in [-0.15, -0.1) is 0 Å². The Bertz CT molecular complexity index is 889. The summed E-state index contributed by atoms with van der Waals surface area (Å²) in [4.78, 5) is 27.6. The Morgan fingerprint density at radius 1 is 1.20 bits per heavy atom. The average molecular weight is 342 g/mol. The molecule has 0 spiro atoms. The van der Waals surface area contributed by atoms with E-state index in [9.17, 15) is 9.59 Å².